The summed E-state index contributed by atoms with van der Waals surface area (Å²) in [5, 5.41) is 24.3. The fourth-order valence-corrected chi connectivity index (χ4v) is 3.24. The normalized spacial score (nSPS) is 15.5. The van der Waals surface area contributed by atoms with Crippen molar-refractivity contribution in [3.63, 3.8) is 0 Å². The van der Waals surface area contributed by atoms with Gasteiger partial charge in [-0.15, -0.1) is 4.98 Å². The lowest BCUT2D eigenvalue weighted by Gasteiger charge is -2.25. The minimum absolute atomic E-state index is 0.0111. The van der Waals surface area contributed by atoms with Gasteiger partial charge >= 0.3 is 11.9 Å². The van der Waals surface area contributed by atoms with Crippen LogP contribution in [0.15, 0.2) is 41.7 Å². The molecule has 0 fully saturated rings. The van der Waals surface area contributed by atoms with E-state index >= 15 is 0 Å². The lowest BCUT2D eigenvalue weighted by atomic mass is 9.95. The number of rotatable bonds is 6. The number of aromatic carboxylic acids is 1. The first kappa shape index (κ1) is 20.6. The number of benzene rings is 1. The van der Waals surface area contributed by atoms with E-state index in [1.807, 2.05) is 0 Å². The fraction of sp³-hybridized carbons (Fsp3) is 0.105. The molecule has 0 aliphatic heterocycles. The summed E-state index contributed by atoms with van der Waals surface area (Å²) in [5.74, 6) is -2.46. The monoisotopic (exact) mass is 439 g/mol. The van der Waals surface area contributed by atoms with Gasteiger partial charge in [0.25, 0.3) is 11.6 Å². The maximum atomic E-state index is 12.6. The maximum absolute atomic E-state index is 12.6. The zero-order valence-electron chi connectivity index (χ0n) is 16.4. The number of fused-ring (bicyclic) bond motifs is 1. The Kier molecular flexibility index (Phi) is 4.87. The first-order chi connectivity index (χ1) is 15.2. The van der Waals surface area contributed by atoms with Crippen molar-refractivity contribution in [3.05, 3.63) is 58.7 Å². The molecule has 1 amide bonds. The number of carboxylic acids is 1. The van der Waals surface area contributed by atoms with Crippen LogP contribution in [0, 0.1) is 0 Å². The van der Waals surface area contributed by atoms with Crippen molar-refractivity contribution in [1.82, 2.24) is 15.3 Å². The van der Waals surface area contributed by atoms with Crippen LogP contribution in [-0.2, 0) is 11.3 Å². The van der Waals surface area contributed by atoms with Gasteiger partial charge in [-0.05, 0) is 17.7 Å². The summed E-state index contributed by atoms with van der Waals surface area (Å²) in [6.07, 6.45) is -1.29. The average molecular weight is 439 g/mol. The minimum atomic E-state index is -1.31. The quantitative estimate of drug-likeness (QED) is 0.207. The average Bonchev–Trinajstić information content (AvgIpc) is 3.08. The number of nitrogens with two attached hydrogens (primary N) is 3. The van der Waals surface area contributed by atoms with Gasteiger partial charge in [-0.2, -0.15) is 4.40 Å². The number of hydrogen-bond donors (Lipinski definition) is 8. The van der Waals surface area contributed by atoms with Gasteiger partial charge < -0.3 is 38.0 Å². The molecule has 4 rings (SSSR count). The summed E-state index contributed by atoms with van der Waals surface area (Å²) in [4.78, 5) is 42.6. The summed E-state index contributed by atoms with van der Waals surface area (Å²) in [7, 11) is 0. The number of carbonyl (C=O) groups is 3. The minimum Gasteiger partial charge on any atom is -0.476 e. The SMILES string of the molecule is NC1=C(Nc2cccc(CNC(=O)c3cc(C(=O)O)[n+]4c(N)[nH]c(N)c4n3)c2)C(=O)C1O. The molecule has 11 N–H and O–H groups in total. The van der Waals surface area contributed by atoms with E-state index in [4.69, 9.17) is 17.2 Å². The van der Waals surface area contributed by atoms with Crippen LogP contribution in [-0.4, -0.2) is 43.9 Å². The summed E-state index contributed by atoms with van der Waals surface area (Å²) >= 11 is 0. The summed E-state index contributed by atoms with van der Waals surface area (Å²) in [6, 6.07) is 7.90. The highest BCUT2D eigenvalue weighted by Crippen LogP contribution is 2.23. The van der Waals surface area contributed by atoms with Gasteiger partial charge in [-0.25, -0.2) is 9.78 Å². The molecule has 2 aromatic heterocycles. The van der Waals surface area contributed by atoms with E-state index in [0.29, 0.717) is 11.3 Å². The lowest BCUT2D eigenvalue weighted by molar-refractivity contribution is -0.500. The van der Waals surface area contributed by atoms with Gasteiger partial charge in [0, 0.05) is 18.3 Å². The highest BCUT2D eigenvalue weighted by Gasteiger charge is 2.36. The number of hydrogen-bond acceptors (Lipinski definition) is 9. The molecule has 13 heteroatoms. The molecule has 164 valence electrons. The number of aromatic amines is 1. The topological polar surface area (TPSA) is 227 Å². The lowest BCUT2D eigenvalue weighted by Crippen LogP contribution is -2.43. The Balaban J connectivity index is 1.52. The van der Waals surface area contributed by atoms with Crippen molar-refractivity contribution in [2.45, 2.75) is 12.6 Å². The van der Waals surface area contributed by atoms with Crippen molar-refractivity contribution in [1.29, 1.82) is 0 Å². The van der Waals surface area contributed by atoms with E-state index in [1.165, 1.54) is 0 Å². The van der Waals surface area contributed by atoms with Crippen LogP contribution in [0.4, 0.5) is 17.5 Å². The molecule has 1 aromatic carbocycles. The van der Waals surface area contributed by atoms with Crippen molar-refractivity contribution in [2.24, 2.45) is 5.73 Å². The highest BCUT2D eigenvalue weighted by molar-refractivity contribution is 6.10. The molecule has 13 nitrogen and oxygen atoms in total. The van der Waals surface area contributed by atoms with Crippen LogP contribution >= 0.6 is 0 Å². The van der Waals surface area contributed by atoms with E-state index in [-0.39, 0.29) is 46.7 Å². The van der Waals surface area contributed by atoms with Gasteiger partial charge in [0.15, 0.2) is 17.5 Å². The number of carboxylic acid groups (broad SMARTS) is 1. The molecule has 0 bridgehead atoms. The van der Waals surface area contributed by atoms with Crippen molar-refractivity contribution < 1.29 is 29.0 Å². The second-order valence-electron chi connectivity index (χ2n) is 7.02. The number of nitrogens with zero attached hydrogens (tertiary/aromatic N) is 2. The first-order valence-electron chi connectivity index (χ1n) is 9.26. The number of aliphatic hydroxyl groups excluding tert-OH is 1. The Labute approximate surface area is 179 Å². The second-order valence-corrected chi connectivity index (χ2v) is 7.02. The Hall–Kier alpha value is -4.65. The van der Waals surface area contributed by atoms with Crippen LogP contribution in [0.25, 0.3) is 5.65 Å². The molecule has 1 aliphatic rings. The summed E-state index contributed by atoms with van der Waals surface area (Å²) in [5.41, 5.74) is 18.1. The Morgan fingerprint density at radius 1 is 1.22 bits per heavy atom. The number of Topliss-reactive ketones (excluding diaryl/α,β-unsaturated/α-hetero) is 1. The molecule has 1 unspecified atom stereocenters. The number of amides is 1. The van der Waals surface area contributed by atoms with Crippen LogP contribution in [0.3, 0.4) is 0 Å². The molecule has 0 radical (unpaired) electrons. The standard InChI is InChI=1S/C19H18N8O5/c20-11-12(14(29)13(11)28)24-8-3-1-2-7(4-8)6-23-17(30)9-5-10(18(31)32)27-16(25-9)15(21)26-19(27)22/h1-5,13,28H,6H2,(H9,20,21,22,23,24,25,26,29,30,31,32)/p+1. The number of anilines is 3. The first-order valence-corrected chi connectivity index (χ1v) is 9.26. The number of nitrogens with one attached hydrogen (secondary N) is 3. The zero-order valence-corrected chi connectivity index (χ0v) is 16.4. The smallest absolute Gasteiger partial charge is 0.364 e. The van der Waals surface area contributed by atoms with Crippen molar-refractivity contribution in [2.75, 3.05) is 16.8 Å². The van der Waals surface area contributed by atoms with Gasteiger partial charge in [0.1, 0.15) is 5.70 Å². The number of imidazole rings is 1. The molecule has 0 saturated heterocycles. The van der Waals surface area contributed by atoms with E-state index in [9.17, 15) is 24.6 Å². The molecule has 1 atom stereocenters. The van der Waals surface area contributed by atoms with Gasteiger partial charge in [0.05, 0.1) is 5.70 Å². The van der Waals surface area contributed by atoms with Crippen LogP contribution in [0.1, 0.15) is 26.5 Å². The fourth-order valence-electron chi connectivity index (χ4n) is 3.24. The molecule has 3 aromatic rings. The van der Waals surface area contributed by atoms with Gasteiger partial charge in [-0.3, -0.25) is 9.59 Å². The van der Waals surface area contributed by atoms with Crippen LogP contribution < -0.4 is 32.2 Å². The highest BCUT2D eigenvalue weighted by atomic mass is 16.4. The maximum Gasteiger partial charge on any atom is 0.364 e. The van der Waals surface area contributed by atoms with Gasteiger partial charge in [-0.1, -0.05) is 12.1 Å². The predicted octanol–water partition coefficient (Wildman–Crippen LogP) is -1.53. The van der Waals surface area contributed by atoms with E-state index in [0.717, 1.165) is 10.5 Å². The number of nitrogen functional groups attached to an aromatic ring is 2. The van der Waals surface area contributed by atoms with Crippen LogP contribution in [0.5, 0.6) is 0 Å². The largest absolute Gasteiger partial charge is 0.476 e. The number of aliphatic hydroxyl groups is 1. The Morgan fingerprint density at radius 2 is 1.97 bits per heavy atom. The van der Waals surface area contributed by atoms with Crippen molar-refractivity contribution >= 4 is 40.8 Å². The van der Waals surface area contributed by atoms with Gasteiger partial charge in [0.2, 0.25) is 11.6 Å². The summed E-state index contributed by atoms with van der Waals surface area (Å²) in [6.45, 7) is 0.0828. The van der Waals surface area contributed by atoms with E-state index < -0.39 is 23.8 Å². The molecule has 0 saturated carbocycles. The number of aromatic nitrogens is 3. The van der Waals surface area contributed by atoms with E-state index in [2.05, 4.69) is 20.6 Å². The molecule has 32 heavy (non-hydrogen) atoms. The van der Waals surface area contributed by atoms with E-state index in [1.54, 1.807) is 24.3 Å². The van der Waals surface area contributed by atoms with Crippen molar-refractivity contribution in [3.8, 4) is 0 Å². The second kappa shape index (κ2) is 7.55. The Bertz CT molecular complexity index is 1330. The molecular formula is C19H19N8O5+. The molecular weight excluding hydrogens is 420 g/mol. The number of carbonyl (C=O) groups excluding carboxylic acids is 2. The number of H-pyrrole nitrogens is 1. The third-order valence-corrected chi connectivity index (χ3v) is 4.88. The Morgan fingerprint density at radius 3 is 2.66 bits per heavy atom. The summed E-state index contributed by atoms with van der Waals surface area (Å²) < 4.78 is 1.10. The molecule has 2 heterocycles. The predicted molar refractivity (Wildman–Crippen MR) is 111 cm³/mol. The third kappa shape index (κ3) is 3.41. The number of ketones is 1. The molecule has 0 spiro atoms. The third-order valence-electron chi connectivity index (χ3n) is 4.88. The van der Waals surface area contributed by atoms with Crippen LogP contribution in [0.2, 0.25) is 0 Å². The molecule has 1 aliphatic carbocycles. The zero-order chi connectivity index (χ0) is 23.2.